The van der Waals surface area contributed by atoms with Crippen LogP contribution in [0.3, 0.4) is 0 Å². The van der Waals surface area contributed by atoms with E-state index in [-0.39, 0.29) is 12.4 Å². The molecule has 60 valence electrons. The molecule has 0 aliphatic carbocycles. The van der Waals surface area contributed by atoms with E-state index in [0.29, 0.717) is 5.13 Å². The Morgan fingerprint density at radius 3 is 2.20 bits per heavy atom. The molecule has 0 bridgehead atoms. The maximum absolute atomic E-state index is 5.19. The Labute approximate surface area is 71.1 Å². The van der Waals surface area contributed by atoms with Crippen molar-refractivity contribution in [3.05, 3.63) is 11.6 Å². The molecule has 0 atom stereocenters. The normalized spacial score (nSPS) is 7.00. The van der Waals surface area contributed by atoms with Gasteiger partial charge in [-0.1, -0.05) is 0 Å². The van der Waals surface area contributed by atoms with Crippen molar-refractivity contribution in [2.24, 2.45) is 0 Å². The summed E-state index contributed by atoms with van der Waals surface area (Å²) >= 11 is 1.44. The van der Waals surface area contributed by atoms with Crippen LogP contribution in [0.1, 0.15) is 0 Å². The highest BCUT2D eigenvalue weighted by molar-refractivity contribution is 7.13. The highest BCUT2D eigenvalue weighted by Gasteiger charge is 1.76. The van der Waals surface area contributed by atoms with E-state index in [1.807, 2.05) is 19.5 Å². The van der Waals surface area contributed by atoms with E-state index in [2.05, 4.69) is 10.3 Å². The second kappa shape index (κ2) is 8.68. The van der Waals surface area contributed by atoms with Gasteiger partial charge in [-0.05, 0) is 14.1 Å². The molecule has 10 heavy (non-hydrogen) atoms. The zero-order valence-corrected chi connectivity index (χ0v) is 7.63. The van der Waals surface area contributed by atoms with Gasteiger partial charge in [0, 0.05) is 11.6 Å². The van der Waals surface area contributed by atoms with Crippen molar-refractivity contribution in [2.75, 3.05) is 19.8 Å². The molecule has 5 heteroatoms. The summed E-state index contributed by atoms with van der Waals surface area (Å²) in [6, 6.07) is 0. The monoisotopic (exact) mass is 181 g/mol. The zero-order chi connectivity index (χ0) is 7.11. The van der Waals surface area contributed by atoms with Crippen molar-refractivity contribution in [3.63, 3.8) is 0 Å². The Hall–Kier alpha value is -0.320. The predicted octanol–water partition coefficient (Wildman–Crippen LogP) is 0.983. The number of nitrogens with two attached hydrogens (primary N) is 1. The fraction of sp³-hybridized carbons (Fsp3) is 0.400. The van der Waals surface area contributed by atoms with Gasteiger partial charge in [-0.25, -0.2) is 4.98 Å². The van der Waals surface area contributed by atoms with Crippen LogP contribution in [0, 0.1) is 0 Å². The maximum Gasteiger partial charge on any atom is 0.179 e. The first-order valence-electron chi connectivity index (χ1n) is 2.54. The SMILES string of the molecule is CNC.Cl.Nc1nccs1. The van der Waals surface area contributed by atoms with E-state index in [1.165, 1.54) is 11.3 Å². The molecule has 0 amide bonds. The van der Waals surface area contributed by atoms with Gasteiger partial charge in [-0.15, -0.1) is 23.7 Å². The van der Waals surface area contributed by atoms with Crippen molar-refractivity contribution >= 4 is 28.9 Å². The van der Waals surface area contributed by atoms with Crippen LogP contribution in [0.2, 0.25) is 0 Å². The molecule has 0 unspecified atom stereocenters. The van der Waals surface area contributed by atoms with Gasteiger partial charge in [0.05, 0.1) is 0 Å². The third kappa shape index (κ3) is 7.68. The van der Waals surface area contributed by atoms with Gasteiger partial charge in [0.25, 0.3) is 0 Å². The molecule has 1 aromatic rings. The van der Waals surface area contributed by atoms with Crippen LogP contribution in [0.25, 0.3) is 0 Å². The second-order valence-corrected chi connectivity index (χ2v) is 2.30. The molecule has 0 saturated heterocycles. The summed E-state index contributed by atoms with van der Waals surface area (Å²) in [6.07, 6.45) is 1.68. The Kier molecular flexibility index (Phi) is 10.7. The van der Waals surface area contributed by atoms with E-state index in [1.54, 1.807) is 6.20 Å². The molecule has 0 spiro atoms. The van der Waals surface area contributed by atoms with E-state index < -0.39 is 0 Å². The summed E-state index contributed by atoms with van der Waals surface area (Å²) in [4.78, 5) is 3.71. The Balaban J connectivity index is 0. The van der Waals surface area contributed by atoms with Crippen LogP contribution in [0.15, 0.2) is 11.6 Å². The van der Waals surface area contributed by atoms with Crippen LogP contribution < -0.4 is 11.1 Å². The summed E-state index contributed by atoms with van der Waals surface area (Å²) in [7, 11) is 3.75. The highest BCUT2D eigenvalue weighted by Crippen LogP contribution is 2.02. The quantitative estimate of drug-likeness (QED) is 0.628. The predicted molar refractivity (Wildman–Crippen MR) is 48.8 cm³/mol. The second-order valence-electron chi connectivity index (χ2n) is 1.37. The molecule has 0 radical (unpaired) electrons. The smallest absolute Gasteiger partial charge is 0.179 e. The Morgan fingerprint density at radius 2 is 2.10 bits per heavy atom. The number of anilines is 1. The highest BCUT2D eigenvalue weighted by atomic mass is 35.5. The molecule has 3 N–H and O–H groups in total. The molecule has 0 aromatic carbocycles. The van der Waals surface area contributed by atoms with Crippen molar-refractivity contribution in [3.8, 4) is 0 Å². The van der Waals surface area contributed by atoms with Crippen molar-refractivity contribution in [1.82, 2.24) is 10.3 Å². The summed E-state index contributed by atoms with van der Waals surface area (Å²) < 4.78 is 0. The van der Waals surface area contributed by atoms with E-state index in [0.717, 1.165) is 0 Å². The van der Waals surface area contributed by atoms with Crippen LogP contribution in [-0.2, 0) is 0 Å². The number of hydrogen-bond donors (Lipinski definition) is 2. The van der Waals surface area contributed by atoms with Gasteiger partial charge in [0.15, 0.2) is 5.13 Å². The average Bonchev–Trinajstić information content (AvgIpc) is 2.20. The van der Waals surface area contributed by atoms with E-state index >= 15 is 0 Å². The maximum atomic E-state index is 5.19. The zero-order valence-electron chi connectivity index (χ0n) is 6.00. The van der Waals surface area contributed by atoms with E-state index in [9.17, 15) is 0 Å². The summed E-state index contributed by atoms with van der Waals surface area (Å²) in [6.45, 7) is 0. The van der Waals surface area contributed by atoms with Gasteiger partial charge in [-0.2, -0.15) is 0 Å². The van der Waals surface area contributed by atoms with Gasteiger partial charge < -0.3 is 11.1 Å². The van der Waals surface area contributed by atoms with Gasteiger partial charge in [-0.3, -0.25) is 0 Å². The Bertz CT molecular complexity index is 131. The summed E-state index contributed by atoms with van der Waals surface area (Å²) in [5.74, 6) is 0. The minimum Gasteiger partial charge on any atom is -0.375 e. The lowest BCUT2D eigenvalue weighted by atomic mass is 11.0. The van der Waals surface area contributed by atoms with Gasteiger partial charge in [0.1, 0.15) is 0 Å². The molecule has 0 aliphatic rings. The molecule has 3 nitrogen and oxygen atoms in total. The molecular formula is C5H12ClN3S. The molecule has 1 aromatic heterocycles. The first kappa shape index (κ1) is 12.4. The topological polar surface area (TPSA) is 50.9 Å². The lowest BCUT2D eigenvalue weighted by Crippen LogP contribution is -1.89. The number of thiazole rings is 1. The van der Waals surface area contributed by atoms with Crippen molar-refractivity contribution < 1.29 is 0 Å². The van der Waals surface area contributed by atoms with Crippen LogP contribution in [0.5, 0.6) is 0 Å². The van der Waals surface area contributed by atoms with Crippen LogP contribution in [-0.4, -0.2) is 19.1 Å². The fourth-order valence-corrected chi connectivity index (χ4v) is 0.617. The molecule has 1 heterocycles. The molecule has 0 saturated carbocycles. The first-order valence-corrected chi connectivity index (χ1v) is 3.42. The van der Waals surface area contributed by atoms with E-state index in [4.69, 9.17) is 5.73 Å². The first-order chi connectivity index (χ1) is 4.31. The Morgan fingerprint density at radius 1 is 1.60 bits per heavy atom. The van der Waals surface area contributed by atoms with Crippen molar-refractivity contribution in [1.29, 1.82) is 0 Å². The number of aromatic nitrogens is 1. The number of halogens is 1. The largest absolute Gasteiger partial charge is 0.375 e. The summed E-state index contributed by atoms with van der Waals surface area (Å²) in [5, 5.41) is 5.23. The number of nitrogens with one attached hydrogen (secondary N) is 1. The number of rotatable bonds is 0. The lowest BCUT2D eigenvalue weighted by Gasteiger charge is -1.67. The van der Waals surface area contributed by atoms with Gasteiger partial charge in [0.2, 0.25) is 0 Å². The number of nitrogen functional groups attached to an aromatic ring is 1. The number of nitrogens with zero attached hydrogens (tertiary/aromatic N) is 1. The molecule has 0 fully saturated rings. The van der Waals surface area contributed by atoms with Crippen LogP contribution in [0.4, 0.5) is 5.13 Å². The summed E-state index contributed by atoms with van der Waals surface area (Å²) in [5.41, 5.74) is 5.19. The molecule has 0 aliphatic heterocycles. The number of hydrogen-bond acceptors (Lipinski definition) is 4. The third-order valence-corrected chi connectivity index (χ3v) is 1.06. The van der Waals surface area contributed by atoms with Gasteiger partial charge >= 0.3 is 0 Å². The van der Waals surface area contributed by atoms with Crippen LogP contribution >= 0.6 is 23.7 Å². The minimum atomic E-state index is 0. The standard InChI is InChI=1S/C3H4N2S.C2H7N.ClH/c4-3-5-1-2-6-3;1-3-2;/h1-2H,(H2,4,5);3H,1-2H3;1H. The molecular weight excluding hydrogens is 170 g/mol. The van der Waals surface area contributed by atoms with Crippen molar-refractivity contribution in [2.45, 2.75) is 0 Å². The lowest BCUT2D eigenvalue weighted by molar-refractivity contribution is 1.02. The third-order valence-electron chi connectivity index (χ3n) is 0.451. The average molecular weight is 182 g/mol. The molecule has 1 rings (SSSR count). The fourth-order valence-electron chi connectivity index (χ4n) is 0.234. The minimum absolute atomic E-state index is 0.